The van der Waals surface area contributed by atoms with Gasteiger partial charge in [-0.15, -0.1) is 65.4 Å². The van der Waals surface area contributed by atoms with Gasteiger partial charge in [-0.3, -0.25) is 0 Å². The van der Waals surface area contributed by atoms with E-state index >= 15 is 0 Å². The molecule has 4 rings (SSSR count). The van der Waals surface area contributed by atoms with Gasteiger partial charge in [-0.2, -0.15) is 29.7 Å². The molecule has 0 saturated heterocycles. The second-order valence-electron chi connectivity index (χ2n) is 12.1. The van der Waals surface area contributed by atoms with Crippen LogP contribution in [0, 0.1) is 0 Å². The van der Waals surface area contributed by atoms with Gasteiger partial charge in [0, 0.05) is 52.4 Å². The summed E-state index contributed by atoms with van der Waals surface area (Å²) in [6.07, 6.45) is 0. The summed E-state index contributed by atoms with van der Waals surface area (Å²) in [5, 5.41) is 5.32. The van der Waals surface area contributed by atoms with Crippen LogP contribution in [0.25, 0.3) is 21.5 Å². The van der Waals surface area contributed by atoms with Crippen molar-refractivity contribution in [3.63, 3.8) is 0 Å². The molecule has 0 aliphatic rings. The van der Waals surface area contributed by atoms with Gasteiger partial charge in [-0.1, -0.05) is 11.5 Å². The molecule has 0 fully saturated rings. The molecule has 0 aliphatic carbocycles. The van der Waals surface area contributed by atoms with Gasteiger partial charge >= 0.3 is 37.7 Å². The summed E-state index contributed by atoms with van der Waals surface area (Å²) >= 11 is 0. The van der Waals surface area contributed by atoms with Crippen molar-refractivity contribution in [1.29, 1.82) is 0 Å². The molecule has 44 heavy (non-hydrogen) atoms. The molecule has 8 heteroatoms. The van der Waals surface area contributed by atoms with Crippen LogP contribution in [0.5, 0.6) is 0 Å². The number of rotatable bonds is 12. The van der Waals surface area contributed by atoms with E-state index in [9.17, 15) is 0 Å². The predicted octanol–water partition coefficient (Wildman–Crippen LogP) is -0.792. The van der Waals surface area contributed by atoms with Gasteiger partial charge in [0.05, 0.1) is 0 Å². The van der Waals surface area contributed by atoms with Crippen molar-refractivity contribution in [2.24, 2.45) is 0 Å². The normalized spacial score (nSPS) is 10.7. The SMILES string of the molecule is CN(C)CCN(C)CCN(C)C.CN(C)CCN(C)CCN(C)C.[Li+].[Li+].c1cc[c-]2cccc2c1.c1ccc2[cH-]ccc2c1. The van der Waals surface area contributed by atoms with E-state index in [0.29, 0.717) is 0 Å². The summed E-state index contributed by atoms with van der Waals surface area (Å²) in [7, 11) is 21.2. The molecule has 236 valence electrons. The maximum absolute atomic E-state index is 2.36. The van der Waals surface area contributed by atoms with Crippen molar-refractivity contribution >= 4 is 21.5 Å². The van der Waals surface area contributed by atoms with Crippen LogP contribution in [0.4, 0.5) is 0 Å². The molecule has 0 N–H and O–H groups in total. The number of benzene rings is 2. The smallest absolute Gasteiger partial charge is 0.308 e. The van der Waals surface area contributed by atoms with Gasteiger partial charge in [0.25, 0.3) is 0 Å². The number of likely N-dealkylation sites (N-methyl/N-ethyl adjacent to an activating group) is 6. The maximum atomic E-state index is 2.36. The van der Waals surface area contributed by atoms with Crippen LogP contribution >= 0.6 is 0 Å². The number of nitrogens with zero attached hydrogens (tertiary/aromatic N) is 6. The Kier molecular flexibility index (Phi) is 27.2. The Hall–Kier alpha value is -1.39. The van der Waals surface area contributed by atoms with Crippen molar-refractivity contribution in [2.45, 2.75) is 0 Å². The Morgan fingerprint density at radius 3 is 1.32 bits per heavy atom. The van der Waals surface area contributed by atoms with Crippen molar-refractivity contribution in [2.75, 3.05) is 123 Å². The molecular weight excluding hydrogens is 530 g/mol. The Labute approximate surface area is 295 Å². The van der Waals surface area contributed by atoms with Gasteiger partial charge < -0.3 is 29.4 Å². The van der Waals surface area contributed by atoms with E-state index in [1.54, 1.807) is 0 Å². The van der Waals surface area contributed by atoms with E-state index in [2.05, 4.69) is 185 Å². The van der Waals surface area contributed by atoms with Crippen LogP contribution < -0.4 is 37.7 Å². The van der Waals surface area contributed by atoms with Crippen molar-refractivity contribution in [1.82, 2.24) is 29.4 Å². The topological polar surface area (TPSA) is 19.4 Å². The fraction of sp³-hybridized carbons (Fsp3) is 0.500. The zero-order chi connectivity index (χ0) is 31.3. The first-order valence-electron chi connectivity index (χ1n) is 15.1. The number of hydrogen-bond acceptors (Lipinski definition) is 6. The molecule has 0 amide bonds. The van der Waals surface area contributed by atoms with E-state index in [-0.39, 0.29) is 37.7 Å². The van der Waals surface area contributed by atoms with E-state index in [0.717, 1.165) is 52.4 Å². The molecule has 0 heterocycles. The minimum atomic E-state index is 0. The average Bonchev–Trinajstić information content (AvgIpc) is 3.63. The average molecular weight is 591 g/mol. The monoisotopic (exact) mass is 591 g/mol. The molecule has 0 spiro atoms. The summed E-state index contributed by atoms with van der Waals surface area (Å²) in [5.41, 5.74) is 0. The van der Waals surface area contributed by atoms with Gasteiger partial charge in [0.2, 0.25) is 0 Å². The first-order chi connectivity index (χ1) is 20.0. The standard InChI is InChI=1S/2C9H23N3.2C9H7.2Li/c2*1-10(2)6-8-12(5)9-7-11(3)4;2*1-2-5-9-7-3-6-8(9)4-1;;/h2*6-9H2,1-5H3;2*1-7H;;/q;;2*-1;2*+1. The zero-order valence-corrected chi connectivity index (χ0v) is 30.4. The maximum Gasteiger partial charge on any atom is 1.00 e. The molecule has 4 aromatic rings. The molecule has 0 atom stereocenters. The third kappa shape index (κ3) is 23.0. The van der Waals surface area contributed by atoms with E-state index < -0.39 is 0 Å². The second kappa shape index (κ2) is 26.8. The Balaban J connectivity index is 0. The van der Waals surface area contributed by atoms with Crippen LogP contribution in [-0.4, -0.2) is 152 Å². The largest absolute Gasteiger partial charge is 1.00 e. The Morgan fingerprint density at radius 1 is 0.477 bits per heavy atom. The molecule has 6 nitrogen and oxygen atoms in total. The van der Waals surface area contributed by atoms with Crippen LogP contribution in [0.2, 0.25) is 0 Å². The number of fused-ring (bicyclic) bond motifs is 2. The fourth-order valence-corrected chi connectivity index (χ4v) is 3.85. The fourth-order valence-electron chi connectivity index (χ4n) is 3.85. The third-order valence-electron chi connectivity index (χ3n) is 6.81. The summed E-state index contributed by atoms with van der Waals surface area (Å²) in [6, 6.07) is 29.3. The van der Waals surface area contributed by atoms with E-state index in [4.69, 9.17) is 0 Å². The molecule has 0 aromatic heterocycles. The number of hydrogen-bond donors (Lipinski definition) is 0. The molecule has 0 aliphatic heterocycles. The van der Waals surface area contributed by atoms with Crippen LogP contribution in [0.15, 0.2) is 84.9 Å². The zero-order valence-electron chi connectivity index (χ0n) is 30.4. The molecule has 0 radical (unpaired) electrons. The first-order valence-corrected chi connectivity index (χ1v) is 15.1. The third-order valence-corrected chi connectivity index (χ3v) is 6.81. The van der Waals surface area contributed by atoms with Crippen LogP contribution in [0.3, 0.4) is 0 Å². The molecule has 0 unspecified atom stereocenters. The summed E-state index contributed by atoms with van der Waals surface area (Å²) in [5.74, 6) is 0. The Morgan fingerprint density at radius 2 is 0.886 bits per heavy atom. The van der Waals surface area contributed by atoms with Crippen molar-refractivity contribution < 1.29 is 37.7 Å². The van der Waals surface area contributed by atoms with Crippen LogP contribution in [0.1, 0.15) is 0 Å². The molecule has 4 aromatic carbocycles. The molecule has 0 bridgehead atoms. The minimum Gasteiger partial charge on any atom is -0.308 e. The van der Waals surface area contributed by atoms with E-state index in [1.165, 1.54) is 21.5 Å². The van der Waals surface area contributed by atoms with Crippen molar-refractivity contribution in [3.8, 4) is 0 Å². The minimum absolute atomic E-state index is 0. The van der Waals surface area contributed by atoms with Gasteiger partial charge in [-0.05, 0) is 70.5 Å². The van der Waals surface area contributed by atoms with Crippen molar-refractivity contribution in [3.05, 3.63) is 84.9 Å². The van der Waals surface area contributed by atoms with E-state index in [1.807, 2.05) is 0 Å². The summed E-state index contributed by atoms with van der Waals surface area (Å²) in [4.78, 5) is 13.6. The predicted molar refractivity (Wildman–Crippen MR) is 188 cm³/mol. The summed E-state index contributed by atoms with van der Waals surface area (Å²) in [6.45, 7) is 9.19. The second-order valence-corrected chi connectivity index (χ2v) is 12.1. The Bertz CT molecular complexity index is 995. The van der Waals surface area contributed by atoms with Gasteiger partial charge in [-0.25, -0.2) is 0 Å². The first kappa shape index (κ1) is 44.7. The molecule has 0 saturated carbocycles. The van der Waals surface area contributed by atoms with Crippen LogP contribution in [-0.2, 0) is 0 Å². The quantitative estimate of drug-likeness (QED) is 0.158. The summed E-state index contributed by atoms with van der Waals surface area (Å²) < 4.78 is 0. The molecular formula is C36H60Li2N6. The van der Waals surface area contributed by atoms with Gasteiger partial charge in [0.1, 0.15) is 0 Å². The van der Waals surface area contributed by atoms with Gasteiger partial charge in [0.15, 0.2) is 0 Å².